The summed E-state index contributed by atoms with van der Waals surface area (Å²) in [6, 6.07) is 32.4. The fourth-order valence-corrected chi connectivity index (χ4v) is 4.02. The molecule has 0 saturated carbocycles. The number of benzene rings is 5. The van der Waals surface area contributed by atoms with E-state index in [1.807, 2.05) is 84.9 Å². The molecule has 0 aliphatic rings. The second-order valence-corrected chi connectivity index (χ2v) is 10.1. The van der Waals surface area contributed by atoms with Gasteiger partial charge in [-0.1, -0.05) is 48.5 Å². The van der Waals surface area contributed by atoms with E-state index in [4.69, 9.17) is 11.5 Å². The maximum Gasteiger partial charge on any atom is 0.134 e. The van der Waals surface area contributed by atoms with Crippen molar-refractivity contribution in [2.45, 2.75) is 0 Å². The molecular formula is C31H30N9+. The van der Waals surface area contributed by atoms with Gasteiger partial charge in [0.15, 0.2) is 0 Å². The molecule has 9 nitrogen and oxygen atoms in total. The highest BCUT2D eigenvalue weighted by molar-refractivity contribution is 5.99. The molecule has 0 spiro atoms. The average Bonchev–Trinajstić information content (AvgIpc) is 2.95. The van der Waals surface area contributed by atoms with E-state index >= 15 is 0 Å². The number of hydrogen-bond donors (Lipinski definition) is 2. The van der Waals surface area contributed by atoms with E-state index in [0.29, 0.717) is 38.6 Å². The van der Waals surface area contributed by atoms with Crippen LogP contribution in [0.25, 0.3) is 10.8 Å². The number of azo groups is 3. The summed E-state index contributed by atoms with van der Waals surface area (Å²) in [6.07, 6.45) is 0. The van der Waals surface area contributed by atoms with Crippen LogP contribution in [-0.4, -0.2) is 21.1 Å². The SMILES string of the molecule is C[N+](C)(C)c1cccc(N=Nc2ccc(N=Nc3cc(N=Nc4ccccc4)c(N)cc3N)c3ccccc23)c1. The molecule has 0 bridgehead atoms. The zero-order valence-corrected chi connectivity index (χ0v) is 22.6. The molecule has 0 unspecified atom stereocenters. The lowest BCUT2D eigenvalue weighted by Gasteiger charge is -2.23. The van der Waals surface area contributed by atoms with E-state index in [1.54, 1.807) is 12.1 Å². The van der Waals surface area contributed by atoms with Crippen LogP contribution in [0.3, 0.4) is 0 Å². The van der Waals surface area contributed by atoms with Gasteiger partial charge in [-0.25, -0.2) is 0 Å². The Kier molecular flexibility index (Phi) is 7.39. The van der Waals surface area contributed by atoms with Crippen LogP contribution in [0, 0.1) is 0 Å². The molecule has 40 heavy (non-hydrogen) atoms. The van der Waals surface area contributed by atoms with Gasteiger partial charge in [0, 0.05) is 16.8 Å². The Labute approximate surface area is 232 Å². The Hall–Kier alpha value is -5.28. The first-order valence-corrected chi connectivity index (χ1v) is 12.7. The van der Waals surface area contributed by atoms with E-state index in [1.165, 1.54) is 0 Å². The molecule has 0 aliphatic carbocycles. The number of hydrogen-bond acceptors (Lipinski definition) is 8. The van der Waals surface area contributed by atoms with E-state index in [9.17, 15) is 0 Å². The van der Waals surface area contributed by atoms with Crippen molar-refractivity contribution in [3.63, 3.8) is 0 Å². The minimum atomic E-state index is 0.394. The van der Waals surface area contributed by atoms with Crippen molar-refractivity contribution in [3.05, 3.63) is 103 Å². The lowest BCUT2D eigenvalue weighted by molar-refractivity contribution is 0.486. The van der Waals surface area contributed by atoms with Crippen LogP contribution in [-0.2, 0) is 0 Å². The second-order valence-electron chi connectivity index (χ2n) is 10.1. The topological polar surface area (TPSA) is 126 Å². The van der Waals surface area contributed by atoms with Crippen LogP contribution in [0.2, 0.25) is 0 Å². The predicted molar refractivity (Wildman–Crippen MR) is 164 cm³/mol. The Morgan fingerprint density at radius 1 is 0.450 bits per heavy atom. The zero-order valence-electron chi connectivity index (χ0n) is 22.6. The van der Waals surface area contributed by atoms with Crippen molar-refractivity contribution in [2.24, 2.45) is 30.7 Å². The number of nitrogens with two attached hydrogens (primary N) is 2. The molecule has 0 radical (unpaired) electrons. The summed E-state index contributed by atoms with van der Waals surface area (Å²) < 4.78 is 0.696. The predicted octanol–water partition coefficient (Wildman–Crippen LogP) is 9.45. The number of quaternary nitrogens is 1. The summed E-state index contributed by atoms with van der Waals surface area (Å²) in [6.45, 7) is 0. The maximum atomic E-state index is 6.20. The summed E-state index contributed by atoms with van der Waals surface area (Å²) in [5.41, 5.74) is 18.1. The molecule has 0 heterocycles. The lowest BCUT2D eigenvalue weighted by Crippen LogP contribution is -2.34. The van der Waals surface area contributed by atoms with Crippen molar-refractivity contribution < 1.29 is 0 Å². The molecule has 0 aliphatic heterocycles. The average molecular weight is 529 g/mol. The Balaban J connectivity index is 1.45. The molecule has 9 heteroatoms. The van der Waals surface area contributed by atoms with Crippen LogP contribution in [0.4, 0.5) is 51.2 Å². The number of nitrogen functional groups attached to an aromatic ring is 2. The number of anilines is 2. The van der Waals surface area contributed by atoms with Crippen molar-refractivity contribution in [3.8, 4) is 0 Å². The third-order valence-electron chi connectivity index (χ3n) is 6.23. The lowest BCUT2D eigenvalue weighted by atomic mass is 10.1. The van der Waals surface area contributed by atoms with Crippen molar-refractivity contribution in [2.75, 3.05) is 32.6 Å². The molecule has 4 N–H and O–H groups in total. The van der Waals surface area contributed by atoms with Crippen LogP contribution in [0.15, 0.2) is 134 Å². The molecule has 0 amide bonds. The molecule has 0 aromatic heterocycles. The highest BCUT2D eigenvalue weighted by Crippen LogP contribution is 2.38. The van der Waals surface area contributed by atoms with Gasteiger partial charge in [-0.3, -0.25) is 4.48 Å². The van der Waals surface area contributed by atoms with Gasteiger partial charge in [0.05, 0.1) is 55.3 Å². The molecule has 5 rings (SSSR count). The third kappa shape index (κ3) is 6.06. The minimum absolute atomic E-state index is 0.394. The van der Waals surface area contributed by atoms with E-state index in [2.05, 4.69) is 57.9 Å². The Bertz CT molecular complexity index is 1750. The van der Waals surface area contributed by atoms with Gasteiger partial charge in [-0.15, -0.1) is 20.5 Å². The highest BCUT2D eigenvalue weighted by atomic mass is 15.3. The zero-order chi connectivity index (χ0) is 28.1. The molecule has 0 atom stereocenters. The molecule has 5 aromatic rings. The van der Waals surface area contributed by atoms with E-state index in [-0.39, 0.29) is 0 Å². The summed E-state index contributed by atoms with van der Waals surface area (Å²) in [5.74, 6) is 0. The smallest absolute Gasteiger partial charge is 0.134 e. The van der Waals surface area contributed by atoms with Gasteiger partial charge in [0.1, 0.15) is 17.1 Å². The van der Waals surface area contributed by atoms with Crippen molar-refractivity contribution in [1.82, 2.24) is 4.48 Å². The minimum Gasteiger partial charge on any atom is -0.397 e. The molecule has 5 aromatic carbocycles. The number of rotatable bonds is 7. The molecular weight excluding hydrogens is 498 g/mol. The second kappa shape index (κ2) is 11.2. The fourth-order valence-electron chi connectivity index (χ4n) is 4.02. The van der Waals surface area contributed by atoms with Crippen LogP contribution >= 0.6 is 0 Å². The Morgan fingerprint density at radius 2 is 0.950 bits per heavy atom. The normalized spacial score (nSPS) is 12.3. The van der Waals surface area contributed by atoms with Gasteiger partial charge < -0.3 is 11.5 Å². The van der Waals surface area contributed by atoms with Crippen LogP contribution in [0.1, 0.15) is 0 Å². The van der Waals surface area contributed by atoms with Crippen LogP contribution < -0.4 is 16.0 Å². The first-order chi connectivity index (χ1) is 19.3. The summed E-state index contributed by atoms with van der Waals surface area (Å²) in [5, 5.41) is 28.3. The fraction of sp³-hybridized carbons (Fsp3) is 0.0968. The van der Waals surface area contributed by atoms with Crippen molar-refractivity contribution in [1.29, 1.82) is 0 Å². The highest BCUT2D eigenvalue weighted by Gasteiger charge is 2.12. The van der Waals surface area contributed by atoms with E-state index in [0.717, 1.165) is 27.8 Å². The maximum absolute atomic E-state index is 6.20. The number of fused-ring (bicyclic) bond motifs is 1. The van der Waals surface area contributed by atoms with Gasteiger partial charge in [0.2, 0.25) is 0 Å². The molecule has 0 saturated heterocycles. The quantitative estimate of drug-likeness (QED) is 0.124. The van der Waals surface area contributed by atoms with Gasteiger partial charge in [0.25, 0.3) is 0 Å². The number of nitrogens with zero attached hydrogens (tertiary/aromatic N) is 7. The first-order valence-electron chi connectivity index (χ1n) is 12.7. The van der Waals surface area contributed by atoms with E-state index < -0.39 is 0 Å². The van der Waals surface area contributed by atoms with Gasteiger partial charge in [-0.05, 0) is 48.5 Å². The molecule has 198 valence electrons. The summed E-state index contributed by atoms with van der Waals surface area (Å²) in [7, 11) is 6.35. The summed E-state index contributed by atoms with van der Waals surface area (Å²) >= 11 is 0. The molecule has 0 fully saturated rings. The van der Waals surface area contributed by atoms with Crippen LogP contribution in [0.5, 0.6) is 0 Å². The third-order valence-corrected chi connectivity index (χ3v) is 6.23. The van der Waals surface area contributed by atoms with Crippen molar-refractivity contribution >= 4 is 62.0 Å². The van der Waals surface area contributed by atoms with Gasteiger partial charge >= 0.3 is 0 Å². The standard InChI is InChI=1S/C31H30N9/c1-40(2,3)23-13-9-12-22(18-23)35-36-28-16-17-29(25-15-8-7-14-24(25)28)37-39-31-20-30(26(32)19-27(31)33)38-34-21-10-5-4-6-11-21/h4-20H,32-33H2,1-3H3/q+1. The Morgan fingerprint density at radius 3 is 1.57 bits per heavy atom. The largest absolute Gasteiger partial charge is 0.397 e. The first kappa shape index (κ1) is 26.3. The summed E-state index contributed by atoms with van der Waals surface area (Å²) in [4.78, 5) is 0. The van der Waals surface area contributed by atoms with Gasteiger partial charge in [-0.2, -0.15) is 10.2 Å². The monoisotopic (exact) mass is 528 g/mol.